The molecule has 172 valence electrons. The highest BCUT2D eigenvalue weighted by molar-refractivity contribution is 5.86. The van der Waals surface area contributed by atoms with Crippen LogP contribution in [0.3, 0.4) is 0 Å². The molecule has 2 fully saturated rings. The molecule has 0 amide bonds. The maximum Gasteiger partial charge on any atom is 0.350 e. The second kappa shape index (κ2) is 8.92. The second-order valence-electron chi connectivity index (χ2n) is 8.49. The molecule has 32 heavy (non-hydrogen) atoms. The van der Waals surface area contributed by atoms with Crippen LogP contribution >= 0.6 is 0 Å². The maximum absolute atomic E-state index is 15.8. The smallest absolute Gasteiger partial charge is 0.350 e. The van der Waals surface area contributed by atoms with Crippen LogP contribution in [0.5, 0.6) is 5.75 Å². The van der Waals surface area contributed by atoms with Crippen LogP contribution in [0.1, 0.15) is 50.3 Å². The van der Waals surface area contributed by atoms with Crippen LogP contribution in [0, 0.1) is 23.1 Å². The molecule has 2 atom stereocenters. The minimum absolute atomic E-state index is 0.0282. The van der Waals surface area contributed by atoms with Gasteiger partial charge in [0, 0.05) is 30.6 Å². The molecule has 1 saturated carbocycles. The lowest BCUT2D eigenvalue weighted by atomic mass is 9.88. The van der Waals surface area contributed by atoms with Crippen molar-refractivity contribution in [1.82, 2.24) is 19.5 Å². The predicted octanol–water partition coefficient (Wildman–Crippen LogP) is 1.25. The molecule has 0 radical (unpaired) electrons. The number of rotatable bonds is 8. The van der Waals surface area contributed by atoms with Crippen LogP contribution in [-0.4, -0.2) is 47.4 Å². The molecule has 1 aromatic carbocycles. The standard InChI is InChI=1S/C22H29FN6O3/c1-3-27(10-4-8-24)18(13-7-9-26-12-13)17-16(23)11-15-19(20(17)32-2)28(14-5-6-14)22(31)29(25)21(15)30/h11,13-14,18,26H,3-7,9-10,12,25H2,1-2H3. The number of nitrogens with one attached hydrogen (secondary N) is 1. The van der Waals surface area contributed by atoms with E-state index >= 15 is 4.39 Å². The third-order valence-electron chi connectivity index (χ3n) is 6.61. The average Bonchev–Trinajstić information content (AvgIpc) is 3.48. The summed E-state index contributed by atoms with van der Waals surface area (Å²) in [5.74, 6) is 5.46. The lowest BCUT2D eigenvalue weighted by Gasteiger charge is -2.36. The Labute approximate surface area is 185 Å². The van der Waals surface area contributed by atoms with Crippen molar-refractivity contribution in [3.8, 4) is 11.8 Å². The van der Waals surface area contributed by atoms with E-state index in [-0.39, 0.29) is 29.1 Å². The molecule has 0 spiro atoms. The van der Waals surface area contributed by atoms with Crippen LogP contribution in [0.25, 0.3) is 10.9 Å². The van der Waals surface area contributed by atoms with E-state index in [1.165, 1.54) is 17.7 Å². The molecule has 1 aliphatic heterocycles. The number of nitrogen functional groups attached to an aromatic ring is 1. The number of nitriles is 1. The van der Waals surface area contributed by atoms with Crippen molar-refractivity contribution in [3.05, 3.63) is 38.3 Å². The Morgan fingerprint density at radius 1 is 1.41 bits per heavy atom. The van der Waals surface area contributed by atoms with Crippen molar-refractivity contribution < 1.29 is 9.13 Å². The first-order valence-electron chi connectivity index (χ1n) is 11.1. The van der Waals surface area contributed by atoms with Gasteiger partial charge in [0.25, 0.3) is 5.56 Å². The molecule has 3 N–H and O–H groups in total. The number of nitrogens with zero attached hydrogens (tertiary/aromatic N) is 4. The normalized spacial score (nSPS) is 19.4. The quantitative estimate of drug-likeness (QED) is 0.588. The van der Waals surface area contributed by atoms with Crippen LogP contribution < -0.4 is 27.1 Å². The van der Waals surface area contributed by atoms with E-state index in [1.54, 1.807) is 0 Å². The fourth-order valence-corrected chi connectivity index (χ4v) is 4.97. The molecule has 4 rings (SSSR count). The molecule has 9 nitrogen and oxygen atoms in total. The van der Waals surface area contributed by atoms with Gasteiger partial charge in [-0.05, 0) is 50.9 Å². The van der Waals surface area contributed by atoms with Gasteiger partial charge < -0.3 is 15.9 Å². The van der Waals surface area contributed by atoms with E-state index in [1.807, 2.05) is 6.92 Å². The first-order valence-corrected chi connectivity index (χ1v) is 11.1. The zero-order chi connectivity index (χ0) is 23.0. The summed E-state index contributed by atoms with van der Waals surface area (Å²) >= 11 is 0. The number of nitrogens with two attached hydrogens (primary N) is 1. The van der Waals surface area contributed by atoms with Gasteiger partial charge in [0.2, 0.25) is 0 Å². The van der Waals surface area contributed by atoms with Crippen molar-refractivity contribution in [2.75, 3.05) is 39.1 Å². The first-order chi connectivity index (χ1) is 15.4. The third kappa shape index (κ3) is 3.65. The van der Waals surface area contributed by atoms with Gasteiger partial charge >= 0.3 is 5.69 Å². The largest absolute Gasteiger partial charge is 0.494 e. The summed E-state index contributed by atoms with van der Waals surface area (Å²) < 4.78 is 23.6. The summed E-state index contributed by atoms with van der Waals surface area (Å²) in [5, 5.41) is 12.5. The highest BCUT2D eigenvalue weighted by Gasteiger charge is 2.37. The van der Waals surface area contributed by atoms with Crippen molar-refractivity contribution in [2.24, 2.45) is 5.92 Å². The highest BCUT2D eigenvalue weighted by Crippen LogP contribution is 2.44. The lowest BCUT2D eigenvalue weighted by Crippen LogP contribution is -2.45. The molecule has 1 aliphatic carbocycles. The van der Waals surface area contributed by atoms with Gasteiger partial charge in [0.1, 0.15) is 11.3 Å². The lowest BCUT2D eigenvalue weighted by molar-refractivity contribution is 0.151. The summed E-state index contributed by atoms with van der Waals surface area (Å²) in [6.07, 6.45) is 2.71. The van der Waals surface area contributed by atoms with Crippen LogP contribution in [0.4, 0.5) is 4.39 Å². The number of halogens is 1. The molecule has 1 aromatic heterocycles. The Kier molecular flexibility index (Phi) is 6.22. The Morgan fingerprint density at radius 2 is 2.16 bits per heavy atom. The number of benzene rings is 1. The van der Waals surface area contributed by atoms with E-state index in [2.05, 4.69) is 16.3 Å². The van der Waals surface area contributed by atoms with E-state index in [4.69, 9.17) is 15.8 Å². The minimum Gasteiger partial charge on any atom is -0.494 e. The van der Waals surface area contributed by atoms with Gasteiger partial charge in [-0.2, -0.15) is 9.94 Å². The summed E-state index contributed by atoms with van der Waals surface area (Å²) in [6, 6.07) is 2.89. The van der Waals surface area contributed by atoms with Gasteiger partial charge in [-0.15, -0.1) is 0 Å². The predicted molar refractivity (Wildman–Crippen MR) is 119 cm³/mol. The molecular weight excluding hydrogens is 415 g/mol. The Hall–Kier alpha value is -2.90. The molecule has 1 saturated heterocycles. The zero-order valence-electron chi connectivity index (χ0n) is 18.4. The Morgan fingerprint density at radius 3 is 2.72 bits per heavy atom. The monoisotopic (exact) mass is 444 g/mol. The number of hydrogen-bond acceptors (Lipinski definition) is 7. The zero-order valence-corrected chi connectivity index (χ0v) is 18.4. The number of ether oxygens (including phenoxy) is 1. The molecular formula is C22H29FN6O3. The van der Waals surface area contributed by atoms with Gasteiger partial charge in [0.05, 0.1) is 18.6 Å². The second-order valence-corrected chi connectivity index (χ2v) is 8.49. The van der Waals surface area contributed by atoms with E-state index in [0.717, 1.165) is 25.8 Å². The minimum atomic E-state index is -0.749. The molecule has 2 aliphatic rings. The number of hydrogen-bond donors (Lipinski definition) is 2. The average molecular weight is 445 g/mol. The third-order valence-corrected chi connectivity index (χ3v) is 6.61. The van der Waals surface area contributed by atoms with Crippen molar-refractivity contribution in [1.29, 1.82) is 5.26 Å². The number of methoxy groups -OCH3 is 1. The summed E-state index contributed by atoms with van der Waals surface area (Å²) in [7, 11) is 1.43. The summed E-state index contributed by atoms with van der Waals surface area (Å²) in [4.78, 5) is 27.8. The molecule has 0 bridgehead atoms. The van der Waals surface area contributed by atoms with Crippen molar-refractivity contribution in [3.63, 3.8) is 0 Å². The van der Waals surface area contributed by atoms with Gasteiger partial charge in [-0.1, -0.05) is 6.92 Å². The number of fused-ring (bicyclic) bond motifs is 1. The molecule has 10 heteroatoms. The Balaban J connectivity index is 2.04. The summed E-state index contributed by atoms with van der Waals surface area (Å²) in [5.41, 5.74) is -0.745. The topological polar surface area (TPSA) is 118 Å². The molecule has 2 heterocycles. The fraction of sp³-hybridized carbons (Fsp3) is 0.591. The first kappa shape index (κ1) is 22.3. The van der Waals surface area contributed by atoms with Crippen molar-refractivity contribution >= 4 is 10.9 Å². The molecule has 2 aromatic rings. The van der Waals surface area contributed by atoms with Gasteiger partial charge in [-0.25, -0.2) is 9.18 Å². The van der Waals surface area contributed by atoms with E-state index < -0.39 is 17.1 Å². The summed E-state index contributed by atoms with van der Waals surface area (Å²) in [6.45, 7) is 4.59. The number of aromatic nitrogens is 2. The van der Waals surface area contributed by atoms with Crippen LogP contribution in [-0.2, 0) is 0 Å². The van der Waals surface area contributed by atoms with Gasteiger partial charge in [0.15, 0.2) is 5.75 Å². The SMILES string of the molecule is CCN(CCC#N)C(c1c(F)cc2c(=O)n(N)c(=O)n(C3CC3)c2c1OC)C1CCNC1. The van der Waals surface area contributed by atoms with E-state index in [0.29, 0.717) is 41.8 Å². The maximum atomic E-state index is 15.8. The van der Waals surface area contributed by atoms with Crippen LogP contribution in [0.2, 0.25) is 0 Å². The molecule has 2 unspecified atom stereocenters. The van der Waals surface area contributed by atoms with Crippen molar-refractivity contribution in [2.45, 2.75) is 44.7 Å². The Bertz CT molecular complexity index is 1170. The highest BCUT2D eigenvalue weighted by atomic mass is 19.1. The van der Waals surface area contributed by atoms with E-state index in [9.17, 15) is 9.59 Å². The van der Waals surface area contributed by atoms with Crippen LogP contribution in [0.15, 0.2) is 15.7 Å². The van der Waals surface area contributed by atoms with Gasteiger partial charge in [-0.3, -0.25) is 14.3 Å². The fourth-order valence-electron chi connectivity index (χ4n) is 4.97.